The number of aromatic nitrogens is 1. The van der Waals surface area contributed by atoms with E-state index in [0.29, 0.717) is 6.54 Å². The van der Waals surface area contributed by atoms with Crippen molar-refractivity contribution in [3.63, 3.8) is 0 Å². The molecule has 0 unspecified atom stereocenters. The number of nitrogen functional groups attached to an aromatic ring is 1. The van der Waals surface area contributed by atoms with Crippen molar-refractivity contribution in [1.29, 1.82) is 0 Å². The van der Waals surface area contributed by atoms with Gasteiger partial charge in [-0.1, -0.05) is 0 Å². The number of hydrogen-bond acceptors (Lipinski definition) is 6. The molecule has 0 aliphatic heterocycles. The molecule has 0 bridgehead atoms. The smallest absolute Gasteiger partial charge is 0.311 e. The maximum atomic E-state index is 10.8. The number of anilines is 2. The molecule has 0 aromatic carbocycles. The van der Waals surface area contributed by atoms with E-state index in [-0.39, 0.29) is 17.3 Å². The van der Waals surface area contributed by atoms with Crippen molar-refractivity contribution < 1.29 is 4.92 Å². The standard InChI is InChI=1S/C10H9BrN4O2S/c11-8-3-1-6(18-8)5-13-10-7(15(16)17)2-4-9(12)14-10/h1-4H,5H2,(H3,12,13,14). The molecule has 0 saturated heterocycles. The van der Waals surface area contributed by atoms with Gasteiger partial charge in [0.25, 0.3) is 0 Å². The second-order valence-electron chi connectivity index (χ2n) is 3.42. The molecular formula is C10H9BrN4O2S. The molecule has 2 rings (SSSR count). The van der Waals surface area contributed by atoms with Gasteiger partial charge in [0.2, 0.25) is 5.82 Å². The lowest BCUT2D eigenvalue weighted by molar-refractivity contribution is -0.384. The van der Waals surface area contributed by atoms with E-state index >= 15 is 0 Å². The van der Waals surface area contributed by atoms with Gasteiger partial charge >= 0.3 is 5.69 Å². The quantitative estimate of drug-likeness (QED) is 0.664. The van der Waals surface area contributed by atoms with Crippen LogP contribution in [0.4, 0.5) is 17.3 Å². The van der Waals surface area contributed by atoms with Crippen LogP contribution >= 0.6 is 27.3 Å². The number of nitrogens with zero attached hydrogens (tertiary/aromatic N) is 2. The number of pyridine rings is 1. The van der Waals surface area contributed by atoms with E-state index in [1.54, 1.807) is 11.3 Å². The van der Waals surface area contributed by atoms with Gasteiger partial charge in [-0.3, -0.25) is 10.1 Å². The number of nitrogens with two attached hydrogens (primary N) is 1. The Kier molecular flexibility index (Phi) is 3.78. The minimum atomic E-state index is -0.487. The van der Waals surface area contributed by atoms with Crippen molar-refractivity contribution in [2.75, 3.05) is 11.1 Å². The van der Waals surface area contributed by atoms with E-state index in [1.165, 1.54) is 12.1 Å². The Morgan fingerprint density at radius 2 is 2.22 bits per heavy atom. The summed E-state index contributed by atoms with van der Waals surface area (Å²) in [6, 6.07) is 6.60. The zero-order valence-electron chi connectivity index (χ0n) is 9.09. The molecule has 2 heterocycles. The molecule has 2 aromatic rings. The molecule has 6 nitrogen and oxygen atoms in total. The molecule has 2 aromatic heterocycles. The zero-order chi connectivity index (χ0) is 13.1. The Morgan fingerprint density at radius 1 is 1.44 bits per heavy atom. The Hall–Kier alpha value is -1.67. The summed E-state index contributed by atoms with van der Waals surface area (Å²) < 4.78 is 1.01. The highest BCUT2D eigenvalue weighted by Gasteiger charge is 2.15. The zero-order valence-corrected chi connectivity index (χ0v) is 11.5. The van der Waals surface area contributed by atoms with Gasteiger partial charge in [-0.15, -0.1) is 11.3 Å². The van der Waals surface area contributed by atoms with Crippen molar-refractivity contribution in [2.45, 2.75) is 6.54 Å². The molecule has 0 fully saturated rings. The van der Waals surface area contributed by atoms with Crippen LogP contribution in [0.5, 0.6) is 0 Å². The predicted octanol–water partition coefficient (Wildman–Crippen LogP) is 3.01. The van der Waals surface area contributed by atoms with Crippen molar-refractivity contribution in [3.05, 3.63) is 43.0 Å². The summed E-state index contributed by atoms with van der Waals surface area (Å²) >= 11 is 4.91. The van der Waals surface area contributed by atoms with E-state index in [9.17, 15) is 10.1 Å². The number of rotatable bonds is 4. The van der Waals surface area contributed by atoms with E-state index in [2.05, 4.69) is 26.2 Å². The average molecular weight is 329 g/mol. The van der Waals surface area contributed by atoms with Crippen LogP contribution in [-0.4, -0.2) is 9.91 Å². The molecule has 0 aliphatic rings. The van der Waals surface area contributed by atoms with Crippen molar-refractivity contribution in [2.24, 2.45) is 0 Å². The van der Waals surface area contributed by atoms with Crippen LogP contribution in [-0.2, 0) is 6.54 Å². The molecule has 3 N–H and O–H groups in total. The van der Waals surface area contributed by atoms with E-state index in [1.807, 2.05) is 12.1 Å². The summed E-state index contributed by atoms with van der Waals surface area (Å²) in [4.78, 5) is 15.3. The van der Waals surface area contributed by atoms with Crippen LogP contribution in [0.1, 0.15) is 4.88 Å². The van der Waals surface area contributed by atoms with Crippen LogP contribution in [0.25, 0.3) is 0 Å². The van der Waals surface area contributed by atoms with Gasteiger partial charge in [-0.25, -0.2) is 4.98 Å². The van der Waals surface area contributed by atoms with Crippen molar-refractivity contribution in [3.8, 4) is 0 Å². The minimum absolute atomic E-state index is 0.0835. The molecule has 18 heavy (non-hydrogen) atoms. The molecule has 0 spiro atoms. The summed E-state index contributed by atoms with van der Waals surface area (Å²) in [6.07, 6.45) is 0. The van der Waals surface area contributed by atoms with Crippen LogP contribution in [0.15, 0.2) is 28.1 Å². The van der Waals surface area contributed by atoms with Gasteiger partial charge in [0.15, 0.2) is 0 Å². The SMILES string of the molecule is Nc1ccc([N+](=O)[O-])c(NCc2ccc(Br)s2)n1. The maximum Gasteiger partial charge on any atom is 0.311 e. The van der Waals surface area contributed by atoms with Gasteiger partial charge in [0.1, 0.15) is 5.82 Å². The highest BCUT2D eigenvalue weighted by atomic mass is 79.9. The third-order valence-electron chi connectivity index (χ3n) is 2.15. The van der Waals surface area contributed by atoms with E-state index in [0.717, 1.165) is 8.66 Å². The summed E-state index contributed by atoms with van der Waals surface area (Å²) in [5, 5.41) is 13.8. The fraction of sp³-hybridized carbons (Fsp3) is 0.100. The number of nitro groups is 1. The molecule has 0 radical (unpaired) electrons. The van der Waals surface area contributed by atoms with Crippen LogP contribution in [0.2, 0.25) is 0 Å². The monoisotopic (exact) mass is 328 g/mol. The largest absolute Gasteiger partial charge is 0.384 e. The summed E-state index contributed by atoms with van der Waals surface area (Å²) in [5.74, 6) is 0.431. The summed E-state index contributed by atoms with van der Waals surface area (Å²) in [6.45, 7) is 0.466. The molecule has 8 heteroatoms. The first-order valence-corrected chi connectivity index (χ1v) is 6.56. The normalized spacial score (nSPS) is 10.3. The second kappa shape index (κ2) is 5.32. The topological polar surface area (TPSA) is 94.1 Å². The third kappa shape index (κ3) is 2.96. The first-order valence-electron chi connectivity index (χ1n) is 4.95. The summed E-state index contributed by atoms with van der Waals surface area (Å²) in [7, 11) is 0. The lowest BCUT2D eigenvalue weighted by Crippen LogP contribution is -2.05. The first-order chi connectivity index (χ1) is 8.56. The van der Waals surface area contributed by atoms with Crippen molar-refractivity contribution in [1.82, 2.24) is 4.98 Å². The van der Waals surface area contributed by atoms with Crippen molar-refractivity contribution >= 4 is 44.6 Å². The minimum Gasteiger partial charge on any atom is -0.384 e. The fourth-order valence-corrected chi connectivity index (χ4v) is 2.78. The lowest BCUT2D eigenvalue weighted by atomic mass is 10.3. The number of nitrogens with one attached hydrogen (secondary N) is 1. The fourth-order valence-electron chi connectivity index (χ4n) is 1.36. The molecule has 0 aliphatic carbocycles. The van der Waals surface area contributed by atoms with Crippen LogP contribution in [0, 0.1) is 10.1 Å². The highest BCUT2D eigenvalue weighted by Crippen LogP contribution is 2.26. The van der Waals surface area contributed by atoms with E-state index < -0.39 is 4.92 Å². The number of halogens is 1. The van der Waals surface area contributed by atoms with Gasteiger partial charge in [0.05, 0.1) is 15.3 Å². The molecule has 0 saturated carbocycles. The Labute approximate surface area is 115 Å². The number of hydrogen-bond donors (Lipinski definition) is 2. The Balaban J connectivity index is 2.17. The third-order valence-corrected chi connectivity index (χ3v) is 3.77. The molecular weight excluding hydrogens is 320 g/mol. The number of thiophene rings is 1. The van der Waals surface area contributed by atoms with Crippen LogP contribution in [0.3, 0.4) is 0 Å². The predicted molar refractivity (Wildman–Crippen MR) is 74.6 cm³/mol. The first kappa shape index (κ1) is 12.8. The Morgan fingerprint density at radius 3 is 2.83 bits per heavy atom. The van der Waals surface area contributed by atoms with Gasteiger partial charge < -0.3 is 11.1 Å². The highest BCUT2D eigenvalue weighted by molar-refractivity contribution is 9.11. The maximum absolute atomic E-state index is 10.8. The molecule has 0 atom stereocenters. The van der Waals surface area contributed by atoms with Gasteiger partial charge in [-0.05, 0) is 34.1 Å². The molecule has 0 amide bonds. The Bertz CT molecular complexity index is 587. The van der Waals surface area contributed by atoms with Crippen LogP contribution < -0.4 is 11.1 Å². The van der Waals surface area contributed by atoms with E-state index in [4.69, 9.17) is 5.73 Å². The molecule has 94 valence electrons. The van der Waals surface area contributed by atoms with Gasteiger partial charge in [0, 0.05) is 10.9 Å². The van der Waals surface area contributed by atoms with Gasteiger partial charge in [-0.2, -0.15) is 0 Å². The average Bonchev–Trinajstić information content (AvgIpc) is 2.72. The lowest BCUT2D eigenvalue weighted by Gasteiger charge is -2.05. The summed E-state index contributed by atoms with van der Waals surface area (Å²) in [5.41, 5.74) is 5.44. The second-order valence-corrected chi connectivity index (χ2v) is 5.97.